The third-order valence-electron chi connectivity index (χ3n) is 4.54. The molecular formula is C22H31N5O3. The van der Waals surface area contributed by atoms with Crippen molar-refractivity contribution in [2.45, 2.75) is 45.6 Å². The summed E-state index contributed by atoms with van der Waals surface area (Å²) in [5.74, 6) is 1.13. The van der Waals surface area contributed by atoms with E-state index in [-0.39, 0.29) is 0 Å². The Morgan fingerprint density at radius 1 is 1.27 bits per heavy atom. The number of amides is 1. The van der Waals surface area contributed by atoms with Crippen LogP contribution in [0.25, 0.3) is 10.9 Å². The number of carbonyl (C=O) groups is 1. The Balaban J connectivity index is 1.57. The molecule has 0 saturated carbocycles. The summed E-state index contributed by atoms with van der Waals surface area (Å²) < 4.78 is 10.6. The second kappa shape index (κ2) is 9.30. The van der Waals surface area contributed by atoms with Gasteiger partial charge in [0.05, 0.1) is 6.42 Å². The number of likely N-dealkylation sites (N-methyl/N-ethyl adjacent to an activating group) is 1. The van der Waals surface area contributed by atoms with Crippen molar-refractivity contribution in [2.24, 2.45) is 0 Å². The normalized spacial score (nSPS) is 11.9. The molecule has 3 aromatic rings. The monoisotopic (exact) mass is 413 g/mol. The topological polar surface area (TPSA) is 96.3 Å². The van der Waals surface area contributed by atoms with Crippen molar-refractivity contribution in [1.29, 1.82) is 0 Å². The lowest BCUT2D eigenvalue weighted by atomic mass is 10.1. The molecule has 3 rings (SSSR count). The molecular weight excluding hydrogens is 382 g/mol. The fourth-order valence-corrected chi connectivity index (χ4v) is 3.12. The highest BCUT2D eigenvalue weighted by molar-refractivity contribution is 5.84. The highest BCUT2D eigenvalue weighted by Gasteiger charge is 2.16. The van der Waals surface area contributed by atoms with Gasteiger partial charge in [0.1, 0.15) is 5.60 Å². The summed E-state index contributed by atoms with van der Waals surface area (Å²) in [6.07, 6.45) is 3.68. The van der Waals surface area contributed by atoms with Gasteiger partial charge in [-0.2, -0.15) is 4.98 Å². The summed E-state index contributed by atoms with van der Waals surface area (Å²) >= 11 is 0. The van der Waals surface area contributed by atoms with E-state index >= 15 is 0 Å². The van der Waals surface area contributed by atoms with E-state index in [0.29, 0.717) is 31.1 Å². The lowest BCUT2D eigenvalue weighted by Crippen LogP contribution is -2.33. The number of nitrogens with zero attached hydrogens (tertiary/aromatic N) is 3. The van der Waals surface area contributed by atoms with Crippen LogP contribution < -0.4 is 5.32 Å². The maximum Gasteiger partial charge on any atom is 0.407 e. The average molecular weight is 414 g/mol. The minimum atomic E-state index is -0.518. The molecule has 1 aromatic carbocycles. The molecule has 2 aromatic heterocycles. The van der Waals surface area contributed by atoms with E-state index in [9.17, 15) is 4.79 Å². The summed E-state index contributed by atoms with van der Waals surface area (Å²) in [6.45, 7) is 6.87. The number of ether oxygens (including phenoxy) is 1. The number of carbonyl (C=O) groups excluding carboxylic acids is 1. The smallest absolute Gasteiger partial charge is 0.407 e. The van der Waals surface area contributed by atoms with Crippen LogP contribution in [0, 0.1) is 0 Å². The van der Waals surface area contributed by atoms with Gasteiger partial charge in [0.15, 0.2) is 5.82 Å². The Hall–Kier alpha value is -2.87. The number of benzene rings is 1. The number of aromatic amines is 1. The van der Waals surface area contributed by atoms with Crippen LogP contribution in [-0.2, 0) is 24.0 Å². The number of alkyl carbamates (subject to hydrolysis) is 1. The number of nitrogens with one attached hydrogen (secondary N) is 2. The molecule has 0 fully saturated rings. The van der Waals surface area contributed by atoms with E-state index in [2.05, 4.69) is 63.8 Å². The summed E-state index contributed by atoms with van der Waals surface area (Å²) in [5.41, 5.74) is 3.04. The Morgan fingerprint density at radius 2 is 2.07 bits per heavy atom. The van der Waals surface area contributed by atoms with Crippen molar-refractivity contribution in [1.82, 2.24) is 25.3 Å². The third kappa shape index (κ3) is 6.32. The molecule has 162 valence electrons. The first kappa shape index (κ1) is 21.8. The van der Waals surface area contributed by atoms with Crippen molar-refractivity contribution in [3.63, 3.8) is 0 Å². The molecule has 0 saturated heterocycles. The van der Waals surface area contributed by atoms with Crippen LogP contribution in [0.3, 0.4) is 0 Å². The molecule has 0 aliphatic heterocycles. The summed E-state index contributed by atoms with van der Waals surface area (Å²) in [6, 6.07) is 6.35. The highest BCUT2D eigenvalue weighted by Crippen LogP contribution is 2.22. The molecule has 2 N–H and O–H groups in total. The SMILES string of the molecule is CN(C)CCc1c[nH]c2ccc(Cc3nc(CCNC(=O)OC(C)(C)C)no3)cc12. The van der Waals surface area contributed by atoms with Crippen LogP contribution in [0.4, 0.5) is 4.79 Å². The maximum absolute atomic E-state index is 11.7. The zero-order chi connectivity index (χ0) is 21.7. The minimum absolute atomic E-state index is 0.387. The van der Waals surface area contributed by atoms with Crippen LogP contribution in [0.1, 0.15) is 43.6 Å². The van der Waals surface area contributed by atoms with Crippen molar-refractivity contribution in [3.05, 3.63) is 47.2 Å². The Kier molecular flexibility index (Phi) is 6.77. The molecule has 0 atom stereocenters. The molecule has 0 radical (unpaired) electrons. The van der Waals surface area contributed by atoms with Gasteiger partial charge in [-0.15, -0.1) is 0 Å². The van der Waals surface area contributed by atoms with Crippen molar-refractivity contribution < 1.29 is 14.1 Å². The highest BCUT2D eigenvalue weighted by atomic mass is 16.6. The van der Waals surface area contributed by atoms with Gasteiger partial charge < -0.3 is 24.5 Å². The Morgan fingerprint density at radius 3 is 2.80 bits per heavy atom. The van der Waals surface area contributed by atoms with Crippen molar-refractivity contribution in [2.75, 3.05) is 27.2 Å². The molecule has 0 aliphatic rings. The lowest BCUT2D eigenvalue weighted by molar-refractivity contribution is 0.0528. The van der Waals surface area contributed by atoms with Gasteiger partial charge in [0.2, 0.25) is 5.89 Å². The Labute approximate surface area is 177 Å². The second-order valence-electron chi connectivity index (χ2n) is 8.71. The summed E-state index contributed by atoms with van der Waals surface area (Å²) in [4.78, 5) is 21.7. The second-order valence-corrected chi connectivity index (χ2v) is 8.71. The zero-order valence-electron chi connectivity index (χ0n) is 18.4. The first-order valence-electron chi connectivity index (χ1n) is 10.2. The number of H-pyrrole nitrogens is 1. The van der Waals surface area contributed by atoms with Gasteiger partial charge in [-0.25, -0.2) is 4.79 Å². The van der Waals surface area contributed by atoms with Gasteiger partial charge in [0, 0.05) is 36.6 Å². The number of rotatable bonds is 8. The molecule has 8 heteroatoms. The molecule has 0 bridgehead atoms. The number of hydrogen-bond acceptors (Lipinski definition) is 6. The van der Waals surface area contributed by atoms with Crippen LogP contribution in [-0.4, -0.2) is 58.9 Å². The molecule has 0 unspecified atom stereocenters. The predicted octanol–water partition coefficient (Wildman–Crippen LogP) is 3.31. The molecule has 30 heavy (non-hydrogen) atoms. The number of aromatic nitrogens is 3. The van der Waals surface area contributed by atoms with E-state index in [0.717, 1.165) is 24.0 Å². The predicted molar refractivity (Wildman–Crippen MR) is 116 cm³/mol. The maximum atomic E-state index is 11.7. The molecule has 0 aliphatic carbocycles. The van der Waals surface area contributed by atoms with Crippen molar-refractivity contribution >= 4 is 17.0 Å². The Bertz CT molecular complexity index is 984. The van der Waals surface area contributed by atoms with E-state index in [1.165, 1.54) is 10.9 Å². The van der Waals surface area contributed by atoms with E-state index in [4.69, 9.17) is 9.26 Å². The van der Waals surface area contributed by atoms with Gasteiger partial charge in [-0.05, 0) is 64.5 Å². The lowest BCUT2D eigenvalue weighted by Gasteiger charge is -2.19. The average Bonchev–Trinajstić information content (AvgIpc) is 3.25. The first-order chi connectivity index (χ1) is 14.2. The fourth-order valence-electron chi connectivity index (χ4n) is 3.12. The standard InChI is InChI=1S/C22H31N5O3/c1-22(2,3)29-21(28)23-10-8-19-25-20(30-26-19)13-15-6-7-18-17(12-15)16(14-24-18)9-11-27(4)5/h6-7,12,14,24H,8-11,13H2,1-5H3,(H,23,28). The summed E-state index contributed by atoms with van der Waals surface area (Å²) in [5, 5.41) is 7.94. The van der Waals surface area contributed by atoms with Gasteiger partial charge in [-0.3, -0.25) is 0 Å². The van der Waals surface area contributed by atoms with Gasteiger partial charge in [-0.1, -0.05) is 11.2 Å². The minimum Gasteiger partial charge on any atom is -0.444 e. The number of fused-ring (bicyclic) bond motifs is 1. The van der Waals surface area contributed by atoms with E-state index in [1.54, 1.807) is 0 Å². The molecule has 8 nitrogen and oxygen atoms in total. The van der Waals surface area contributed by atoms with Crippen molar-refractivity contribution in [3.8, 4) is 0 Å². The fraction of sp³-hybridized carbons (Fsp3) is 0.500. The zero-order valence-corrected chi connectivity index (χ0v) is 18.4. The van der Waals surface area contributed by atoms with Crippen LogP contribution in [0.15, 0.2) is 28.9 Å². The van der Waals surface area contributed by atoms with E-state index in [1.807, 2.05) is 20.8 Å². The molecule has 0 spiro atoms. The molecule has 2 heterocycles. The van der Waals surface area contributed by atoms with Crippen LogP contribution in [0.2, 0.25) is 0 Å². The van der Waals surface area contributed by atoms with Gasteiger partial charge >= 0.3 is 6.09 Å². The third-order valence-corrected chi connectivity index (χ3v) is 4.54. The van der Waals surface area contributed by atoms with Crippen LogP contribution in [0.5, 0.6) is 0 Å². The van der Waals surface area contributed by atoms with E-state index < -0.39 is 11.7 Å². The molecule has 1 amide bonds. The first-order valence-corrected chi connectivity index (χ1v) is 10.2. The summed E-state index contributed by atoms with van der Waals surface area (Å²) in [7, 11) is 4.16. The quantitative estimate of drug-likeness (QED) is 0.588. The van der Waals surface area contributed by atoms with Crippen LogP contribution >= 0.6 is 0 Å². The number of hydrogen-bond donors (Lipinski definition) is 2. The largest absolute Gasteiger partial charge is 0.444 e. The van der Waals surface area contributed by atoms with Gasteiger partial charge in [0.25, 0.3) is 0 Å².